The van der Waals surface area contributed by atoms with E-state index in [1.165, 1.54) is 13.2 Å². The van der Waals surface area contributed by atoms with E-state index in [0.717, 1.165) is 18.2 Å². The van der Waals surface area contributed by atoms with Gasteiger partial charge in [0.25, 0.3) is 22.0 Å². The molecule has 1 aromatic carbocycles. The molecule has 0 saturated carbocycles. The molecule has 0 spiro atoms. The van der Waals surface area contributed by atoms with Crippen LogP contribution in [-0.4, -0.2) is 27.5 Å². The standard InChI is InChI=1S/C9H8N2O5S/c1-16-8-3-2-6(4-7(8)9(10)13)17(14,15)11-5-12/h2-4H,1H3,(H2,10,13). The summed E-state index contributed by atoms with van der Waals surface area (Å²) in [5.74, 6) is -0.722. The minimum absolute atomic E-state index is 0.116. The van der Waals surface area contributed by atoms with E-state index in [4.69, 9.17) is 10.5 Å². The molecular formula is C9H8N2O5S. The van der Waals surface area contributed by atoms with Crippen LogP contribution in [0.25, 0.3) is 0 Å². The van der Waals surface area contributed by atoms with Crippen molar-refractivity contribution in [3.63, 3.8) is 0 Å². The second kappa shape index (κ2) is 4.77. The maximum absolute atomic E-state index is 11.4. The van der Waals surface area contributed by atoms with Gasteiger partial charge in [-0.15, -0.1) is 0 Å². The predicted octanol–water partition coefficient (Wildman–Crippen LogP) is -0.181. The van der Waals surface area contributed by atoms with E-state index in [0.29, 0.717) is 0 Å². The van der Waals surface area contributed by atoms with E-state index in [1.54, 1.807) is 0 Å². The molecular weight excluding hydrogens is 248 g/mol. The van der Waals surface area contributed by atoms with Crippen LogP contribution in [0.5, 0.6) is 5.75 Å². The van der Waals surface area contributed by atoms with Crippen LogP contribution in [0, 0.1) is 0 Å². The lowest BCUT2D eigenvalue weighted by Crippen LogP contribution is -2.13. The minimum atomic E-state index is -4.15. The number of carbonyl (C=O) groups is 1. The van der Waals surface area contributed by atoms with Crippen LogP contribution in [0.4, 0.5) is 0 Å². The summed E-state index contributed by atoms with van der Waals surface area (Å²) in [4.78, 5) is 20.7. The summed E-state index contributed by atoms with van der Waals surface area (Å²) in [6.45, 7) is 0. The molecule has 8 heteroatoms. The first-order chi connectivity index (χ1) is 7.92. The summed E-state index contributed by atoms with van der Waals surface area (Å²) in [5, 5.41) is 0. The molecule has 0 radical (unpaired) electrons. The smallest absolute Gasteiger partial charge is 0.292 e. The number of hydrogen-bond acceptors (Lipinski definition) is 5. The molecule has 1 rings (SSSR count). The molecule has 1 amide bonds. The predicted molar refractivity (Wildman–Crippen MR) is 56.8 cm³/mol. The van der Waals surface area contributed by atoms with Crippen molar-refractivity contribution in [2.75, 3.05) is 7.11 Å². The number of methoxy groups -OCH3 is 1. The molecule has 0 aliphatic carbocycles. The molecule has 0 saturated heterocycles. The van der Waals surface area contributed by atoms with Crippen molar-refractivity contribution in [3.8, 4) is 5.75 Å². The number of nitrogens with zero attached hydrogens (tertiary/aromatic N) is 1. The number of benzene rings is 1. The fourth-order valence-corrected chi connectivity index (χ4v) is 1.85. The van der Waals surface area contributed by atoms with E-state index >= 15 is 0 Å². The van der Waals surface area contributed by atoms with Crippen LogP contribution in [0.3, 0.4) is 0 Å². The van der Waals surface area contributed by atoms with Crippen LogP contribution in [-0.2, 0) is 14.8 Å². The highest BCUT2D eigenvalue weighted by atomic mass is 32.2. The number of hydrogen-bond donors (Lipinski definition) is 1. The third kappa shape index (κ3) is 2.68. The van der Waals surface area contributed by atoms with Gasteiger partial charge in [-0.2, -0.15) is 8.42 Å². The normalized spacial score (nSPS) is 10.4. The zero-order valence-electron chi connectivity index (χ0n) is 8.71. The number of carbonyl (C=O) groups excluding carboxylic acids is 2. The van der Waals surface area contributed by atoms with Gasteiger partial charge in [0.2, 0.25) is 0 Å². The van der Waals surface area contributed by atoms with Gasteiger partial charge in [-0.25, -0.2) is 4.79 Å². The van der Waals surface area contributed by atoms with Crippen LogP contribution < -0.4 is 10.5 Å². The number of isocyanates is 1. The molecule has 0 unspecified atom stereocenters. The Balaban J connectivity index is 3.46. The van der Waals surface area contributed by atoms with E-state index in [9.17, 15) is 18.0 Å². The Morgan fingerprint density at radius 1 is 1.47 bits per heavy atom. The third-order valence-electron chi connectivity index (χ3n) is 1.89. The largest absolute Gasteiger partial charge is 0.496 e. The van der Waals surface area contributed by atoms with Gasteiger partial charge in [-0.1, -0.05) is 4.40 Å². The lowest BCUT2D eigenvalue weighted by Gasteiger charge is -2.06. The molecule has 7 nitrogen and oxygen atoms in total. The first kappa shape index (κ1) is 12.9. The second-order valence-corrected chi connectivity index (χ2v) is 4.49. The Morgan fingerprint density at radius 2 is 2.12 bits per heavy atom. The van der Waals surface area contributed by atoms with Gasteiger partial charge in [0, 0.05) is 0 Å². The fourth-order valence-electron chi connectivity index (χ4n) is 1.14. The molecule has 17 heavy (non-hydrogen) atoms. The maximum atomic E-state index is 11.4. The summed E-state index contributed by atoms with van der Waals surface area (Å²) >= 11 is 0. The van der Waals surface area contributed by atoms with Crippen molar-refractivity contribution in [1.82, 2.24) is 0 Å². The molecule has 1 aromatic rings. The number of ether oxygens (including phenoxy) is 1. The molecule has 2 N–H and O–H groups in total. The summed E-state index contributed by atoms with van der Waals surface area (Å²) in [5.41, 5.74) is 4.94. The van der Waals surface area contributed by atoms with Gasteiger partial charge in [0.05, 0.1) is 17.6 Å². The van der Waals surface area contributed by atoms with Crippen molar-refractivity contribution in [2.45, 2.75) is 4.90 Å². The van der Waals surface area contributed by atoms with Crippen LogP contribution in [0.2, 0.25) is 0 Å². The Labute approximate surface area is 97.0 Å². The van der Waals surface area contributed by atoms with Gasteiger partial charge in [-0.05, 0) is 18.2 Å². The van der Waals surface area contributed by atoms with Crippen molar-refractivity contribution in [2.24, 2.45) is 10.1 Å². The highest BCUT2D eigenvalue weighted by Crippen LogP contribution is 2.22. The van der Waals surface area contributed by atoms with Gasteiger partial charge in [-0.3, -0.25) is 4.79 Å². The molecule has 0 aliphatic rings. The fraction of sp³-hybridized carbons (Fsp3) is 0.111. The minimum Gasteiger partial charge on any atom is -0.496 e. The Hall–Kier alpha value is -2.18. The van der Waals surface area contributed by atoms with Gasteiger partial charge in [0.15, 0.2) is 0 Å². The highest BCUT2D eigenvalue weighted by molar-refractivity contribution is 7.90. The topological polar surface area (TPSA) is 116 Å². The summed E-state index contributed by atoms with van der Waals surface area (Å²) in [7, 11) is -2.85. The van der Waals surface area contributed by atoms with Crippen LogP contribution >= 0.6 is 0 Å². The first-order valence-electron chi connectivity index (χ1n) is 4.24. The zero-order chi connectivity index (χ0) is 13.1. The Bertz CT molecular complexity index is 602. The summed E-state index contributed by atoms with van der Waals surface area (Å²) in [6.07, 6.45) is 0.923. The third-order valence-corrected chi connectivity index (χ3v) is 3.06. The highest BCUT2D eigenvalue weighted by Gasteiger charge is 2.17. The average molecular weight is 256 g/mol. The molecule has 0 aromatic heterocycles. The molecule has 0 bridgehead atoms. The SMILES string of the molecule is COc1ccc(S(=O)(=O)N=C=O)cc1C(N)=O. The monoisotopic (exact) mass is 256 g/mol. The van der Waals surface area contributed by atoms with Crippen molar-refractivity contribution >= 4 is 22.0 Å². The first-order valence-corrected chi connectivity index (χ1v) is 5.68. The number of sulfonamides is 1. The maximum Gasteiger partial charge on any atom is 0.292 e. The Kier molecular flexibility index (Phi) is 3.62. The van der Waals surface area contributed by atoms with Crippen molar-refractivity contribution in [3.05, 3.63) is 23.8 Å². The quantitative estimate of drug-likeness (QED) is 0.592. The number of primary amides is 1. The van der Waals surface area contributed by atoms with E-state index < -0.39 is 15.9 Å². The van der Waals surface area contributed by atoms with Gasteiger partial charge < -0.3 is 10.5 Å². The molecule has 0 fully saturated rings. The lowest BCUT2D eigenvalue weighted by atomic mass is 10.2. The van der Waals surface area contributed by atoms with Crippen LogP contribution in [0.15, 0.2) is 27.5 Å². The van der Waals surface area contributed by atoms with E-state index in [2.05, 4.69) is 4.40 Å². The zero-order valence-corrected chi connectivity index (χ0v) is 9.52. The average Bonchev–Trinajstić information content (AvgIpc) is 2.28. The second-order valence-electron chi connectivity index (χ2n) is 2.88. The van der Waals surface area contributed by atoms with Crippen molar-refractivity contribution in [1.29, 1.82) is 0 Å². The Morgan fingerprint density at radius 3 is 2.59 bits per heavy atom. The molecule has 0 atom stereocenters. The lowest BCUT2D eigenvalue weighted by molar-refractivity contribution is 0.0997. The van der Waals surface area contributed by atoms with E-state index in [1.807, 2.05) is 0 Å². The van der Waals surface area contributed by atoms with Gasteiger partial charge in [0.1, 0.15) is 5.75 Å². The molecule has 0 heterocycles. The van der Waals surface area contributed by atoms with Crippen molar-refractivity contribution < 1.29 is 22.7 Å². The summed E-state index contributed by atoms with van der Waals surface area (Å²) in [6, 6.07) is 3.37. The van der Waals surface area contributed by atoms with Crippen LogP contribution in [0.1, 0.15) is 10.4 Å². The van der Waals surface area contributed by atoms with E-state index in [-0.39, 0.29) is 16.2 Å². The number of rotatable bonds is 4. The van der Waals surface area contributed by atoms with Gasteiger partial charge >= 0.3 is 0 Å². The summed E-state index contributed by atoms with van der Waals surface area (Å²) < 4.78 is 30.3. The molecule has 90 valence electrons. The molecule has 0 aliphatic heterocycles. The number of nitrogens with two attached hydrogens (primary N) is 1. The number of amides is 1.